The zero-order valence-electron chi connectivity index (χ0n) is 11.1. The van der Waals surface area contributed by atoms with Crippen LogP contribution in [0.2, 0.25) is 0 Å². The van der Waals surface area contributed by atoms with Crippen molar-refractivity contribution in [2.75, 3.05) is 7.11 Å². The van der Waals surface area contributed by atoms with Crippen LogP contribution in [0.3, 0.4) is 0 Å². The van der Waals surface area contributed by atoms with E-state index >= 15 is 0 Å². The Hall–Kier alpha value is -1.43. The minimum atomic E-state index is -0.737. The molecule has 1 heterocycles. The number of benzene rings is 1. The molecule has 5 heteroatoms. The van der Waals surface area contributed by atoms with Gasteiger partial charge in [-0.05, 0) is 19.1 Å². The van der Waals surface area contributed by atoms with E-state index in [-0.39, 0.29) is 18.1 Å². The summed E-state index contributed by atoms with van der Waals surface area (Å²) in [6, 6.07) is 8.55. The van der Waals surface area contributed by atoms with E-state index < -0.39 is 12.4 Å². The summed E-state index contributed by atoms with van der Waals surface area (Å²) in [7, 11) is 1.55. The van der Waals surface area contributed by atoms with Crippen LogP contribution in [0.15, 0.2) is 30.3 Å². The second kappa shape index (κ2) is 6.14. The molecule has 0 aromatic heterocycles. The molecular formula is C14H19NO4. The quantitative estimate of drug-likeness (QED) is 0.853. The van der Waals surface area contributed by atoms with Gasteiger partial charge in [0.15, 0.2) is 6.29 Å². The Morgan fingerprint density at radius 1 is 1.42 bits per heavy atom. The molecule has 1 amide bonds. The third kappa shape index (κ3) is 3.32. The Morgan fingerprint density at radius 3 is 2.74 bits per heavy atom. The normalized spacial score (nSPS) is 30.9. The first-order chi connectivity index (χ1) is 9.11. The van der Waals surface area contributed by atoms with Crippen molar-refractivity contribution >= 4 is 5.91 Å². The SMILES string of the molecule is CO[C@H]1C[C@H](NC(=O)c2ccccc2)[C@@H](O)[C@H](C)O1. The number of aliphatic hydroxyl groups is 1. The van der Waals surface area contributed by atoms with E-state index in [0.717, 1.165) is 0 Å². The standard InChI is InChI=1S/C14H19NO4/c1-9-13(16)11(8-12(18-2)19-9)15-14(17)10-6-4-3-5-7-10/h3-7,9,11-13,16H,8H2,1-2H3,(H,15,17)/t9-,11-,12+,13-/m0/s1. The zero-order chi connectivity index (χ0) is 13.8. The first kappa shape index (κ1) is 14.0. The Kier molecular flexibility index (Phi) is 4.52. The number of methoxy groups -OCH3 is 1. The third-order valence-corrected chi connectivity index (χ3v) is 3.32. The van der Waals surface area contributed by atoms with E-state index in [1.165, 1.54) is 0 Å². The van der Waals surface area contributed by atoms with Crippen LogP contribution in [0, 0.1) is 0 Å². The number of hydrogen-bond acceptors (Lipinski definition) is 4. The highest BCUT2D eigenvalue weighted by molar-refractivity contribution is 5.94. The number of rotatable bonds is 3. The monoisotopic (exact) mass is 265 g/mol. The van der Waals surface area contributed by atoms with Crippen LogP contribution in [-0.4, -0.2) is 42.7 Å². The van der Waals surface area contributed by atoms with Gasteiger partial charge in [0.2, 0.25) is 0 Å². The van der Waals surface area contributed by atoms with Crippen molar-refractivity contribution in [3.05, 3.63) is 35.9 Å². The molecule has 1 aliphatic rings. The molecule has 1 aliphatic heterocycles. The molecule has 0 saturated carbocycles. The summed E-state index contributed by atoms with van der Waals surface area (Å²) < 4.78 is 10.6. The van der Waals surface area contributed by atoms with Gasteiger partial charge in [-0.1, -0.05) is 18.2 Å². The molecule has 4 atom stereocenters. The average Bonchev–Trinajstić information content (AvgIpc) is 2.44. The summed E-state index contributed by atoms with van der Waals surface area (Å²) >= 11 is 0. The van der Waals surface area contributed by atoms with Gasteiger partial charge in [-0.15, -0.1) is 0 Å². The van der Waals surface area contributed by atoms with Crippen molar-refractivity contribution in [1.29, 1.82) is 0 Å². The second-order valence-corrected chi connectivity index (χ2v) is 4.68. The van der Waals surface area contributed by atoms with Crippen molar-refractivity contribution in [2.45, 2.75) is 37.9 Å². The van der Waals surface area contributed by atoms with E-state index in [2.05, 4.69) is 5.32 Å². The molecule has 1 saturated heterocycles. The number of hydrogen-bond donors (Lipinski definition) is 2. The van der Waals surface area contributed by atoms with Crippen molar-refractivity contribution in [1.82, 2.24) is 5.32 Å². The highest BCUT2D eigenvalue weighted by atomic mass is 16.7. The van der Waals surface area contributed by atoms with Gasteiger partial charge in [-0.3, -0.25) is 4.79 Å². The van der Waals surface area contributed by atoms with E-state index in [1.807, 2.05) is 6.07 Å². The van der Waals surface area contributed by atoms with Gasteiger partial charge in [0.1, 0.15) is 6.10 Å². The Morgan fingerprint density at radius 2 is 2.11 bits per heavy atom. The van der Waals surface area contributed by atoms with Crippen LogP contribution in [0.5, 0.6) is 0 Å². The zero-order valence-corrected chi connectivity index (χ0v) is 11.1. The van der Waals surface area contributed by atoms with Crippen molar-refractivity contribution in [2.24, 2.45) is 0 Å². The van der Waals surface area contributed by atoms with Gasteiger partial charge in [0.25, 0.3) is 5.91 Å². The minimum Gasteiger partial charge on any atom is -0.388 e. The maximum Gasteiger partial charge on any atom is 0.251 e. The Bertz CT molecular complexity index is 423. The topological polar surface area (TPSA) is 67.8 Å². The summed E-state index contributed by atoms with van der Waals surface area (Å²) in [5.74, 6) is -0.200. The molecular weight excluding hydrogens is 246 g/mol. The van der Waals surface area contributed by atoms with Crippen LogP contribution in [-0.2, 0) is 9.47 Å². The lowest BCUT2D eigenvalue weighted by molar-refractivity contribution is -0.213. The lowest BCUT2D eigenvalue weighted by Crippen LogP contribution is -2.55. The van der Waals surface area contributed by atoms with Gasteiger partial charge >= 0.3 is 0 Å². The van der Waals surface area contributed by atoms with E-state index in [4.69, 9.17) is 9.47 Å². The van der Waals surface area contributed by atoms with Gasteiger partial charge in [-0.2, -0.15) is 0 Å². The van der Waals surface area contributed by atoms with Crippen LogP contribution in [0.4, 0.5) is 0 Å². The van der Waals surface area contributed by atoms with Gasteiger partial charge in [0, 0.05) is 19.1 Å². The molecule has 0 aliphatic carbocycles. The number of amides is 1. The molecule has 0 unspecified atom stereocenters. The summed E-state index contributed by atoms with van der Waals surface area (Å²) in [6.07, 6.45) is -1.08. The smallest absolute Gasteiger partial charge is 0.251 e. The predicted octanol–water partition coefficient (Wildman–Crippen LogP) is 0.927. The molecule has 1 aromatic rings. The number of carbonyl (C=O) groups excluding carboxylic acids is 1. The molecule has 104 valence electrons. The summed E-state index contributed by atoms with van der Waals surface area (Å²) in [5, 5.41) is 12.9. The molecule has 19 heavy (non-hydrogen) atoms. The first-order valence-electron chi connectivity index (χ1n) is 6.34. The predicted molar refractivity (Wildman–Crippen MR) is 69.7 cm³/mol. The number of nitrogens with one attached hydrogen (secondary N) is 1. The number of carbonyl (C=O) groups is 1. The largest absolute Gasteiger partial charge is 0.388 e. The molecule has 5 nitrogen and oxygen atoms in total. The Balaban J connectivity index is 2.02. The minimum absolute atomic E-state index is 0.200. The third-order valence-electron chi connectivity index (χ3n) is 3.32. The molecule has 1 fully saturated rings. The van der Waals surface area contributed by atoms with Crippen LogP contribution < -0.4 is 5.32 Å². The van der Waals surface area contributed by atoms with Crippen LogP contribution in [0.25, 0.3) is 0 Å². The molecule has 2 rings (SSSR count). The Labute approximate surface area is 112 Å². The summed E-state index contributed by atoms with van der Waals surface area (Å²) in [6.45, 7) is 1.76. The fraction of sp³-hybridized carbons (Fsp3) is 0.500. The van der Waals surface area contributed by atoms with Gasteiger partial charge in [0.05, 0.1) is 12.1 Å². The lowest BCUT2D eigenvalue weighted by Gasteiger charge is -2.37. The van der Waals surface area contributed by atoms with Crippen molar-refractivity contribution in [3.8, 4) is 0 Å². The van der Waals surface area contributed by atoms with E-state index in [9.17, 15) is 9.90 Å². The van der Waals surface area contributed by atoms with Gasteiger partial charge < -0.3 is 19.9 Å². The summed E-state index contributed by atoms with van der Waals surface area (Å²) in [5.41, 5.74) is 0.572. The fourth-order valence-electron chi connectivity index (χ4n) is 2.19. The second-order valence-electron chi connectivity index (χ2n) is 4.68. The molecule has 0 spiro atoms. The molecule has 0 radical (unpaired) electrons. The molecule has 2 N–H and O–H groups in total. The lowest BCUT2D eigenvalue weighted by atomic mass is 9.99. The number of aliphatic hydroxyl groups excluding tert-OH is 1. The van der Waals surface area contributed by atoms with E-state index in [1.54, 1.807) is 38.3 Å². The summed E-state index contributed by atoms with van der Waals surface area (Å²) in [4.78, 5) is 12.1. The molecule has 1 aromatic carbocycles. The maximum absolute atomic E-state index is 12.1. The molecule has 0 bridgehead atoms. The van der Waals surface area contributed by atoms with Crippen molar-refractivity contribution in [3.63, 3.8) is 0 Å². The van der Waals surface area contributed by atoms with E-state index in [0.29, 0.717) is 12.0 Å². The van der Waals surface area contributed by atoms with Crippen LogP contribution >= 0.6 is 0 Å². The van der Waals surface area contributed by atoms with Crippen molar-refractivity contribution < 1.29 is 19.4 Å². The highest BCUT2D eigenvalue weighted by Crippen LogP contribution is 2.21. The average molecular weight is 265 g/mol. The van der Waals surface area contributed by atoms with Crippen LogP contribution in [0.1, 0.15) is 23.7 Å². The fourth-order valence-corrected chi connectivity index (χ4v) is 2.19. The highest BCUT2D eigenvalue weighted by Gasteiger charge is 2.36. The number of ether oxygens (including phenoxy) is 2. The van der Waals surface area contributed by atoms with Gasteiger partial charge in [-0.25, -0.2) is 0 Å². The maximum atomic E-state index is 12.1. The first-order valence-corrected chi connectivity index (χ1v) is 6.34.